The van der Waals surface area contributed by atoms with E-state index in [0.29, 0.717) is 5.69 Å². The van der Waals surface area contributed by atoms with Gasteiger partial charge in [-0.15, -0.1) is 0 Å². The zero-order chi connectivity index (χ0) is 8.27. The first kappa shape index (κ1) is 8.21. The average Bonchev–Trinajstić information content (AvgIpc) is 2.05. The molecule has 3 heteroatoms. The van der Waals surface area contributed by atoms with Gasteiger partial charge < -0.3 is 0 Å². The van der Waals surface area contributed by atoms with E-state index in [4.69, 9.17) is 11.6 Å². The molecule has 0 aliphatic carbocycles. The summed E-state index contributed by atoms with van der Waals surface area (Å²) in [6.07, 6.45) is 0.817. The summed E-state index contributed by atoms with van der Waals surface area (Å²) in [6, 6.07) is 5.25. The molecule has 0 unspecified atom stereocenters. The summed E-state index contributed by atoms with van der Waals surface area (Å²) < 4.78 is 0. The predicted octanol–water partition coefficient (Wildman–Crippen LogP) is 2.02. The fraction of sp³-hybridized carbons (Fsp3) is 0.250. The van der Waals surface area contributed by atoms with Gasteiger partial charge in [0.2, 0.25) is 0 Å². The number of carbonyl (C=O) groups excluding carboxylic acids is 1. The largest absolute Gasteiger partial charge is 0.274 e. The molecule has 0 bridgehead atoms. The summed E-state index contributed by atoms with van der Waals surface area (Å²) in [5, 5.41) is -0.500. The summed E-state index contributed by atoms with van der Waals surface area (Å²) in [5.41, 5.74) is 1.21. The monoisotopic (exact) mass is 169 g/mol. The van der Waals surface area contributed by atoms with Crippen LogP contribution in [0.2, 0.25) is 0 Å². The van der Waals surface area contributed by atoms with Crippen LogP contribution in [0.3, 0.4) is 0 Å². The number of hydrogen-bond donors (Lipinski definition) is 0. The SMILES string of the molecule is CCc1cccc(C(=O)Cl)n1. The van der Waals surface area contributed by atoms with E-state index in [9.17, 15) is 4.79 Å². The van der Waals surface area contributed by atoms with Gasteiger partial charge in [0.1, 0.15) is 5.69 Å². The van der Waals surface area contributed by atoms with E-state index in [0.717, 1.165) is 12.1 Å². The lowest BCUT2D eigenvalue weighted by molar-refractivity contribution is 0.107. The van der Waals surface area contributed by atoms with Crippen molar-refractivity contribution in [3.63, 3.8) is 0 Å². The first-order chi connectivity index (χ1) is 5.24. The van der Waals surface area contributed by atoms with E-state index >= 15 is 0 Å². The fourth-order valence-electron chi connectivity index (χ4n) is 0.786. The Kier molecular flexibility index (Phi) is 2.60. The lowest BCUT2D eigenvalue weighted by Crippen LogP contribution is -1.96. The number of carbonyl (C=O) groups is 1. The topological polar surface area (TPSA) is 30.0 Å². The van der Waals surface area contributed by atoms with Gasteiger partial charge in [-0.05, 0) is 30.2 Å². The summed E-state index contributed by atoms with van der Waals surface area (Å²) in [6.45, 7) is 1.98. The summed E-state index contributed by atoms with van der Waals surface area (Å²) in [5.74, 6) is 0. The van der Waals surface area contributed by atoms with Crippen LogP contribution in [0, 0.1) is 0 Å². The molecule has 0 radical (unpaired) electrons. The molecule has 0 atom stereocenters. The Hall–Kier alpha value is -0.890. The molecule has 11 heavy (non-hydrogen) atoms. The number of nitrogens with zero attached hydrogens (tertiary/aromatic N) is 1. The number of hydrogen-bond acceptors (Lipinski definition) is 2. The van der Waals surface area contributed by atoms with E-state index < -0.39 is 5.24 Å². The van der Waals surface area contributed by atoms with Crippen LogP contribution in [0.4, 0.5) is 0 Å². The maximum Gasteiger partial charge on any atom is 0.270 e. The molecule has 0 saturated carbocycles. The molecule has 1 aromatic rings. The number of pyridine rings is 1. The number of rotatable bonds is 2. The lowest BCUT2D eigenvalue weighted by Gasteiger charge is -1.95. The van der Waals surface area contributed by atoms with Crippen LogP contribution in [-0.2, 0) is 6.42 Å². The van der Waals surface area contributed by atoms with Gasteiger partial charge in [-0.25, -0.2) is 4.98 Å². The normalized spacial score (nSPS) is 9.64. The van der Waals surface area contributed by atoms with Crippen LogP contribution >= 0.6 is 11.6 Å². The Labute approximate surface area is 70.2 Å². The molecule has 0 aliphatic rings. The van der Waals surface area contributed by atoms with E-state index in [1.54, 1.807) is 12.1 Å². The summed E-state index contributed by atoms with van der Waals surface area (Å²) >= 11 is 5.23. The number of aryl methyl sites for hydroxylation is 1. The Morgan fingerprint density at radius 3 is 2.91 bits per heavy atom. The minimum Gasteiger partial charge on any atom is -0.274 e. The Bertz CT molecular complexity index is 273. The molecule has 0 amide bonds. The Morgan fingerprint density at radius 2 is 2.36 bits per heavy atom. The quantitative estimate of drug-likeness (QED) is 0.634. The van der Waals surface area contributed by atoms with Crippen LogP contribution in [-0.4, -0.2) is 10.2 Å². The van der Waals surface area contributed by atoms with Gasteiger partial charge in [-0.3, -0.25) is 4.79 Å². The molecule has 0 aliphatic heterocycles. The molecule has 0 N–H and O–H groups in total. The second-order valence-corrected chi connectivity index (χ2v) is 2.48. The molecule has 2 nitrogen and oxygen atoms in total. The molecule has 0 fully saturated rings. The van der Waals surface area contributed by atoms with Crippen LogP contribution in [0.25, 0.3) is 0 Å². The molecule has 58 valence electrons. The second kappa shape index (κ2) is 3.49. The van der Waals surface area contributed by atoms with Crippen molar-refractivity contribution in [3.8, 4) is 0 Å². The van der Waals surface area contributed by atoms with Gasteiger partial charge in [-0.1, -0.05) is 13.0 Å². The fourth-order valence-corrected chi connectivity index (χ4v) is 0.891. The third-order valence-electron chi connectivity index (χ3n) is 1.37. The summed E-state index contributed by atoms with van der Waals surface area (Å²) in [4.78, 5) is 14.6. The van der Waals surface area contributed by atoms with Gasteiger partial charge in [0.25, 0.3) is 5.24 Å². The molecule has 1 aromatic heterocycles. The highest BCUT2D eigenvalue weighted by molar-refractivity contribution is 6.67. The third-order valence-corrected chi connectivity index (χ3v) is 1.56. The average molecular weight is 170 g/mol. The number of aromatic nitrogens is 1. The molecule has 0 saturated heterocycles. The Morgan fingerprint density at radius 1 is 1.64 bits per heavy atom. The standard InChI is InChI=1S/C8H8ClNO/c1-2-6-4-3-5-7(10-6)8(9)11/h3-5H,2H2,1H3. The Balaban J connectivity index is 3.01. The second-order valence-electron chi connectivity index (χ2n) is 2.14. The third kappa shape index (κ3) is 2.02. The van der Waals surface area contributed by atoms with Crippen molar-refractivity contribution in [2.24, 2.45) is 0 Å². The van der Waals surface area contributed by atoms with Crippen LogP contribution in [0.1, 0.15) is 23.1 Å². The van der Waals surface area contributed by atoms with Gasteiger partial charge in [-0.2, -0.15) is 0 Å². The smallest absolute Gasteiger partial charge is 0.270 e. The predicted molar refractivity (Wildman–Crippen MR) is 43.8 cm³/mol. The molecule has 0 aromatic carbocycles. The van der Waals surface area contributed by atoms with Crippen molar-refractivity contribution in [1.29, 1.82) is 0 Å². The number of halogens is 1. The minimum absolute atomic E-state index is 0.325. The van der Waals surface area contributed by atoms with Crippen molar-refractivity contribution in [3.05, 3.63) is 29.6 Å². The molecule has 1 rings (SSSR count). The highest BCUT2D eigenvalue weighted by Gasteiger charge is 2.02. The first-order valence-electron chi connectivity index (χ1n) is 3.39. The van der Waals surface area contributed by atoms with E-state index in [1.165, 1.54) is 0 Å². The van der Waals surface area contributed by atoms with Crippen molar-refractivity contribution in [2.75, 3.05) is 0 Å². The van der Waals surface area contributed by atoms with Crippen LogP contribution < -0.4 is 0 Å². The molecule has 1 heterocycles. The van der Waals surface area contributed by atoms with Gasteiger partial charge in [0.05, 0.1) is 0 Å². The first-order valence-corrected chi connectivity index (χ1v) is 3.77. The minimum atomic E-state index is -0.500. The van der Waals surface area contributed by atoms with E-state index in [1.807, 2.05) is 13.0 Å². The lowest BCUT2D eigenvalue weighted by atomic mass is 10.3. The molecular weight excluding hydrogens is 162 g/mol. The summed E-state index contributed by atoms with van der Waals surface area (Å²) in [7, 11) is 0. The van der Waals surface area contributed by atoms with Gasteiger partial charge >= 0.3 is 0 Å². The zero-order valence-electron chi connectivity index (χ0n) is 6.17. The van der Waals surface area contributed by atoms with E-state index in [-0.39, 0.29) is 0 Å². The van der Waals surface area contributed by atoms with Crippen molar-refractivity contribution >= 4 is 16.8 Å². The highest BCUT2D eigenvalue weighted by Crippen LogP contribution is 2.02. The van der Waals surface area contributed by atoms with E-state index in [2.05, 4.69) is 4.98 Å². The molecule has 0 spiro atoms. The molecular formula is C8H8ClNO. The van der Waals surface area contributed by atoms with Gasteiger partial charge in [0.15, 0.2) is 0 Å². The van der Waals surface area contributed by atoms with Crippen molar-refractivity contribution in [1.82, 2.24) is 4.98 Å². The maximum atomic E-state index is 10.6. The maximum absolute atomic E-state index is 10.6. The zero-order valence-corrected chi connectivity index (χ0v) is 6.93. The van der Waals surface area contributed by atoms with Crippen LogP contribution in [0.5, 0.6) is 0 Å². The van der Waals surface area contributed by atoms with Gasteiger partial charge in [0, 0.05) is 5.69 Å². The van der Waals surface area contributed by atoms with Crippen LogP contribution in [0.15, 0.2) is 18.2 Å². The highest BCUT2D eigenvalue weighted by atomic mass is 35.5. The van der Waals surface area contributed by atoms with Crippen molar-refractivity contribution in [2.45, 2.75) is 13.3 Å². The van der Waals surface area contributed by atoms with Crippen molar-refractivity contribution < 1.29 is 4.79 Å².